The van der Waals surface area contributed by atoms with E-state index in [1.807, 2.05) is 20.9 Å². The van der Waals surface area contributed by atoms with Crippen LogP contribution in [0.1, 0.15) is 57.6 Å². The average Bonchev–Trinajstić information content (AvgIpc) is 3.62. The van der Waals surface area contributed by atoms with Crippen molar-refractivity contribution in [3.63, 3.8) is 0 Å². The maximum atomic E-state index is 13.7. The lowest BCUT2D eigenvalue weighted by Gasteiger charge is -2.61. The number of alkyl carbamates (subject to hydrolysis) is 1. The average molecular weight is 751 g/mol. The summed E-state index contributed by atoms with van der Waals surface area (Å²) in [5.74, 6) is 1.13. The summed E-state index contributed by atoms with van der Waals surface area (Å²) in [6, 6.07) is 0.967. The molecule has 0 spiro atoms. The number of benzene rings is 2. The van der Waals surface area contributed by atoms with Crippen molar-refractivity contribution in [1.82, 2.24) is 15.1 Å². The number of rotatable bonds is 8. The molecule has 8 rings (SSSR count). The number of aryl methyl sites for hydroxylation is 1. The molecule has 2 fully saturated rings. The van der Waals surface area contributed by atoms with Crippen molar-refractivity contribution >= 4 is 29.8 Å². The quantitative estimate of drug-likeness (QED) is 0.179. The maximum absolute atomic E-state index is 13.7. The predicted molar refractivity (Wildman–Crippen MR) is 189 cm³/mol. The molecule has 0 radical (unpaired) electrons. The summed E-state index contributed by atoms with van der Waals surface area (Å²) in [7, 11) is 5.15. The molecule has 53 heavy (non-hydrogen) atoms. The number of carbonyl (C=O) groups excluding carboxylic acids is 3. The van der Waals surface area contributed by atoms with Gasteiger partial charge in [-0.2, -0.15) is 5.26 Å². The summed E-state index contributed by atoms with van der Waals surface area (Å²) >= 11 is 1.38. The summed E-state index contributed by atoms with van der Waals surface area (Å²) in [5, 5.41) is 13.1. The summed E-state index contributed by atoms with van der Waals surface area (Å²) in [6.07, 6.45) is 1.15. The molecule has 2 unspecified atom stereocenters. The number of piperazine rings is 1. The molecule has 4 bridgehead atoms. The Labute approximate surface area is 311 Å². The van der Waals surface area contributed by atoms with Gasteiger partial charge in [-0.3, -0.25) is 14.6 Å². The van der Waals surface area contributed by atoms with Gasteiger partial charge in [0.25, 0.3) is 0 Å². The van der Waals surface area contributed by atoms with E-state index >= 15 is 0 Å². The molecule has 15 nitrogen and oxygen atoms in total. The second-order valence-electron chi connectivity index (χ2n) is 13.5. The third-order valence-corrected chi connectivity index (χ3v) is 12.0. The van der Waals surface area contributed by atoms with E-state index in [2.05, 4.69) is 33.8 Å². The Hall–Kier alpha value is -4.69. The highest BCUT2D eigenvalue weighted by Crippen LogP contribution is 2.64. The van der Waals surface area contributed by atoms with E-state index < -0.39 is 53.5 Å². The third kappa shape index (κ3) is 5.99. The van der Waals surface area contributed by atoms with Crippen molar-refractivity contribution in [2.45, 2.75) is 68.7 Å². The Bertz CT molecular complexity index is 1900. The Balaban J connectivity index is 1.50. The Morgan fingerprint density at radius 3 is 2.60 bits per heavy atom. The van der Waals surface area contributed by atoms with Crippen molar-refractivity contribution in [2.75, 3.05) is 53.8 Å². The lowest BCUT2D eigenvalue weighted by molar-refractivity contribution is -0.151. The largest absolute Gasteiger partial charge is 0.493 e. The van der Waals surface area contributed by atoms with Crippen molar-refractivity contribution < 1.29 is 52.3 Å². The highest BCUT2D eigenvalue weighted by atomic mass is 32.2. The zero-order valence-electron chi connectivity index (χ0n) is 30.4. The van der Waals surface area contributed by atoms with Gasteiger partial charge < -0.3 is 43.2 Å². The Kier molecular flexibility index (Phi) is 10.1. The lowest BCUT2D eigenvalue weighted by Crippen LogP contribution is -2.69. The second-order valence-corrected chi connectivity index (χ2v) is 14.7. The summed E-state index contributed by atoms with van der Waals surface area (Å²) < 4.78 is 47.0. The van der Waals surface area contributed by atoms with Gasteiger partial charge in [-0.25, -0.2) is 9.59 Å². The van der Waals surface area contributed by atoms with Crippen LogP contribution in [0.2, 0.25) is 0 Å². The first-order valence-electron chi connectivity index (χ1n) is 17.2. The molecule has 2 aromatic rings. The van der Waals surface area contributed by atoms with Crippen LogP contribution >= 0.6 is 11.8 Å². The first-order chi connectivity index (χ1) is 25.6. The molecule has 0 aliphatic carbocycles. The highest BCUT2D eigenvalue weighted by Gasteiger charge is 2.61. The predicted octanol–water partition coefficient (Wildman–Crippen LogP) is 3.79. The zero-order chi connectivity index (χ0) is 37.7. The number of amides is 1. The van der Waals surface area contributed by atoms with E-state index in [4.69, 9.17) is 37.9 Å². The minimum absolute atomic E-state index is 0.0323. The molecule has 6 heterocycles. The molecule has 0 aromatic heterocycles. The molecule has 7 atom stereocenters. The zero-order valence-corrected chi connectivity index (χ0v) is 31.2. The molecule has 282 valence electrons. The van der Waals surface area contributed by atoms with Crippen molar-refractivity contribution in [3.05, 3.63) is 52.1 Å². The molecule has 2 aromatic carbocycles. The standard InChI is InChI=1S/C37H42N4O11S/c1-8-9-47-37(44)39-21-14-53-35-27-26(34-32(50-16-51-34)18(3)31(27)52-19(4)42)24(13-48-36(21)43)41-23(12-38)22-11-20-10-17(2)30(46-7)33(49-15-45-6)25(20)28(29(35)41)40(22)5/h8,10,21-24,28-29,35H,1,9,11,13-16H2,2-7H3,(H,39,44)/t21?,22-,23-,24+,28-,29?,35+/m0/s1. The van der Waals surface area contributed by atoms with Gasteiger partial charge in [-0.1, -0.05) is 18.7 Å². The molecule has 6 aliphatic heterocycles. The van der Waals surface area contributed by atoms with Crippen molar-refractivity contribution in [2.24, 2.45) is 0 Å². The molecule has 6 aliphatic rings. The monoisotopic (exact) mass is 750 g/mol. The number of methoxy groups -OCH3 is 2. The van der Waals surface area contributed by atoms with Gasteiger partial charge in [0.05, 0.1) is 30.5 Å². The normalized spacial score (nSPS) is 26.9. The molecule has 16 heteroatoms. The molecule has 1 N–H and O–H groups in total. The minimum atomic E-state index is -1.09. The van der Waals surface area contributed by atoms with E-state index in [9.17, 15) is 19.6 Å². The van der Waals surface area contributed by atoms with Crippen LogP contribution in [0.5, 0.6) is 28.7 Å². The second kappa shape index (κ2) is 14.6. The smallest absolute Gasteiger partial charge is 0.408 e. The van der Waals surface area contributed by atoms with E-state index in [1.165, 1.54) is 24.8 Å². The summed E-state index contributed by atoms with van der Waals surface area (Å²) in [4.78, 5) is 43.6. The van der Waals surface area contributed by atoms with Crippen LogP contribution in [0.3, 0.4) is 0 Å². The van der Waals surface area contributed by atoms with E-state index in [1.54, 1.807) is 14.2 Å². The van der Waals surface area contributed by atoms with Crippen LogP contribution in [0.4, 0.5) is 4.79 Å². The number of likely N-dealkylation sites (N-methyl/N-ethyl adjacent to an activating group) is 1. The van der Waals surface area contributed by atoms with Crippen LogP contribution in [0.25, 0.3) is 0 Å². The Morgan fingerprint density at radius 1 is 1.13 bits per heavy atom. The van der Waals surface area contributed by atoms with Crippen molar-refractivity contribution in [3.8, 4) is 34.8 Å². The topological polar surface area (TPSA) is 167 Å². The molecular weight excluding hydrogens is 708 g/mol. The fourth-order valence-electron chi connectivity index (χ4n) is 8.62. The number of hydrogen-bond donors (Lipinski definition) is 1. The van der Waals surface area contributed by atoms with Gasteiger partial charge in [0.2, 0.25) is 6.79 Å². The van der Waals surface area contributed by atoms with Crippen LogP contribution in [0, 0.1) is 25.2 Å². The molecule has 1 amide bonds. The molecular formula is C37H42N4O11S. The van der Waals surface area contributed by atoms with Crippen LogP contribution < -0.4 is 29.0 Å². The van der Waals surface area contributed by atoms with Crippen molar-refractivity contribution in [1.29, 1.82) is 5.26 Å². The fraction of sp³-hybridized carbons (Fsp3) is 0.514. The van der Waals surface area contributed by atoms with Gasteiger partial charge in [-0.05, 0) is 38.4 Å². The van der Waals surface area contributed by atoms with E-state index in [0.29, 0.717) is 51.9 Å². The highest BCUT2D eigenvalue weighted by molar-refractivity contribution is 7.99. The maximum Gasteiger partial charge on any atom is 0.408 e. The van der Waals surface area contributed by atoms with Crippen LogP contribution in [-0.2, 0) is 30.2 Å². The van der Waals surface area contributed by atoms with E-state index in [0.717, 1.165) is 16.7 Å². The van der Waals surface area contributed by atoms with Crippen LogP contribution in [-0.4, -0.2) is 106 Å². The number of nitriles is 1. The number of ether oxygens (including phenoxy) is 8. The van der Waals surface area contributed by atoms with Gasteiger partial charge in [-0.15, -0.1) is 11.8 Å². The SMILES string of the molecule is C=CCOC(=O)NC1CS[C@@H]2c3c(OC(C)=O)c(C)c4c(c3[C@@H](COC1=O)N1C2[C@@H]2c3c(cc(C)c(OC)c3OCOC)C[C@@H]([C@@H]1C#N)N2C)OCO4. The van der Waals surface area contributed by atoms with E-state index in [-0.39, 0.29) is 38.6 Å². The molecule has 2 saturated heterocycles. The van der Waals surface area contributed by atoms with Gasteiger partial charge in [0.1, 0.15) is 31.0 Å². The number of hydrogen-bond acceptors (Lipinski definition) is 15. The number of nitrogens with one attached hydrogen (secondary N) is 1. The van der Waals surface area contributed by atoms with Gasteiger partial charge in [0, 0.05) is 54.1 Å². The first kappa shape index (κ1) is 36.7. The van der Waals surface area contributed by atoms with Gasteiger partial charge in [0.15, 0.2) is 29.8 Å². The van der Waals surface area contributed by atoms with Crippen LogP contribution in [0.15, 0.2) is 18.7 Å². The fourth-order valence-corrected chi connectivity index (χ4v) is 10.1. The number of nitrogens with zero attached hydrogens (tertiary/aromatic N) is 3. The Morgan fingerprint density at radius 2 is 1.91 bits per heavy atom. The minimum Gasteiger partial charge on any atom is -0.493 e. The van der Waals surface area contributed by atoms with Gasteiger partial charge >= 0.3 is 18.0 Å². The number of esters is 2. The first-order valence-corrected chi connectivity index (χ1v) is 18.3. The third-order valence-electron chi connectivity index (χ3n) is 10.6. The summed E-state index contributed by atoms with van der Waals surface area (Å²) in [5.41, 5.74) is 4.63. The lowest BCUT2D eigenvalue weighted by atomic mass is 9.71. The summed E-state index contributed by atoms with van der Waals surface area (Å²) in [6.45, 7) is 8.32. The number of carbonyl (C=O) groups is 3. The number of thioether (sulfide) groups is 1. The molecule has 0 saturated carbocycles. The number of fused-ring (bicyclic) bond motifs is 10.